The Morgan fingerprint density at radius 2 is 2.29 bits per heavy atom. The smallest absolute Gasteiger partial charge is 0.221 e. The molecule has 4 nitrogen and oxygen atoms in total. The molecule has 1 atom stereocenters. The Kier molecular flexibility index (Phi) is 6.25. The molecule has 1 aromatic rings. The number of hydrogen-bond donors (Lipinski definition) is 2. The Hall–Kier alpha value is -1.42. The van der Waals surface area contributed by atoms with E-state index in [1.807, 2.05) is 18.2 Å². The van der Waals surface area contributed by atoms with Crippen molar-refractivity contribution >= 4 is 5.91 Å². The molecule has 0 saturated carbocycles. The average Bonchev–Trinajstić information content (AvgIpc) is 2.37. The highest BCUT2D eigenvalue weighted by molar-refractivity contribution is 5.75. The lowest BCUT2D eigenvalue weighted by molar-refractivity contribution is -0.121. The summed E-state index contributed by atoms with van der Waals surface area (Å²) in [4.78, 5) is 15.6. The highest BCUT2D eigenvalue weighted by Crippen LogP contribution is 1.93. The van der Waals surface area contributed by atoms with Gasteiger partial charge in [0.15, 0.2) is 0 Å². The Bertz CT molecular complexity index is 327. The van der Waals surface area contributed by atoms with E-state index in [4.69, 9.17) is 0 Å². The van der Waals surface area contributed by atoms with Gasteiger partial charge in [0.05, 0.1) is 12.2 Å². The summed E-state index contributed by atoms with van der Waals surface area (Å²) >= 11 is 0. The number of rotatable bonds is 7. The van der Waals surface area contributed by atoms with Crippen LogP contribution in [0.5, 0.6) is 0 Å². The maximum absolute atomic E-state index is 11.5. The third-order valence-electron chi connectivity index (χ3n) is 2.65. The fraction of sp³-hybridized carbons (Fsp3) is 0.538. The molecule has 2 N–H and O–H groups in total. The first-order valence-corrected chi connectivity index (χ1v) is 6.12. The molecule has 0 aliphatic heterocycles. The molecule has 0 spiro atoms. The lowest BCUT2D eigenvalue weighted by Crippen LogP contribution is -2.31. The molecule has 1 unspecified atom stereocenters. The third-order valence-corrected chi connectivity index (χ3v) is 2.65. The summed E-state index contributed by atoms with van der Waals surface area (Å²) in [6.07, 6.45) is 3.32. The molecule has 1 aromatic heterocycles. The molecule has 4 heteroatoms. The summed E-state index contributed by atoms with van der Waals surface area (Å²) in [5, 5.41) is 6.13. The average molecular weight is 235 g/mol. The molecule has 0 aliphatic rings. The molecule has 1 rings (SSSR count). The van der Waals surface area contributed by atoms with Crippen molar-refractivity contribution in [2.45, 2.75) is 39.3 Å². The number of pyridine rings is 1. The van der Waals surface area contributed by atoms with E-state index >= 15 is 0 Å². The summed E-state index contributed by atoms with van der Waals surface area (Å²) in [6.45, 7) is 5.47. The maximum Gasteiger partial charge on any atom is 0.221 e. The van der Waals surface area contributed by atoms with Crippen molar-refractivity contribution in [3.05, 3.63) is 30.1 Å². The Balaban J connectivity index is 2.13. The first kappa shape index (κ1) is 13.6. The van der Waals surface area contributed by atoms with Gasteiger partial charge in [0.1, 0.15) is 0 Å². The summed E-state index contributed by atoms with van der Waals surface area (Å²) < 4.78 is 0. The van der Waals surface area contributed by atoms with Crippen molar-refractivity contribution < 1.29 is 4.79 Å². The van der Waals surface area contributed by atoms with Crippen molar-refractivity contribution in [1.29, 1.82) is 0 Å². The van der Waals surface area contributed by atoms with Crippen LogP contribution >= 0.6 is 0 Å². The van der Waals surface area contributed by atoms with Gasteiger partial charge >= 0.3 is 0 Å². The monoisotopic (exact) mass is 235 g/mol. The van der Waals surface area contributed by atoms with Crippen LogP contribution in [-0.4, -0.2) is 23.5 Å². The predicted octanol–water partition coefficient (Wildman–Crippen LogP) is 1.48. The zero-order valence-corrected chi connectivity index (χ0v) is 10.6. The van der Waals surface area contributed by atoms with Gasteiger partial charge in [-0.05, 0) is 25.5 Å². The fourth-order valence-electron chi connectivity index (χ4n) is 1.36. The van der Waals surface area contributed by atoms with Crippen molar-refractivity contribution in [3.8, 4) is 0 Å². The summed E-state index contributed by atoms with van der Waals surface area (Å²) in [7, 11) is 0. The van der Waals surface area contributed by atoms with Gasteiger partial charge in [-0.15, -0.1) is 0 Å². The molecule has 0 radical (unpaired) electrons. The van der Waals surface area contributed by atoms with Gasteiger partial charge in [0.25, 0.3) is 0 Å². The van der Waals surface area contributed by atoms with E-state index in [0.717, 1.165) is 18.7 Å². The van der Waals surface area contributed by atoms with Crippen LogP contribution in [0.3, 0.4) is 0 Å². The second kappa shape index (κ2) is 7.79. The molecule has 0 aromatic carbocycles. The minimum absolute atomic E-state index is 0.0615. The zero-order valence-electron chi connectivity index (χ0n) is 10.6. The van der Waals surface area contributed by atoms with E-state index in [-0.39, 0.29) is 5.91 Å². The van der Waals surface area contributed by atoms with Crippen LogP contribution < -0.4 is 10.6 Å². The van der Waals surface area contributed by atoms with E-state index in [0.29, 0.717) is 19.0 Å². The predicted molar refractivity (Wildman–Crippen MR) is 68.5 cm³/mol. The second-order valence-electron chi connectivity index (χ2n) is 4.11. The number of nitrogens with one attached hydrogen (secondary N) is 2. The van der Waals surface area contributed by atoms with Crippen molar-refractivity contribution in [2.24, 2.45) is 0 Å². The molecular formula is C13H21N3O. The molecule has 0 aliphatic carbocycles. The minimum Gasteiger partial charge on any atom is -0.350 e. The molecule has 17 heavy (non-hydrogen) atoms. The van der Waals surface area contributed by atoms with E-state index in [1.54, 1.807) is 6.20 Å². The molecule has 0 fully saturated rings. The Morgan fingerprint density at radius 3 is 2.94 bits per heavy atom. The fourth-order valence-corrected chi connectivity index (χ4v) is 1.36. The number of nitrogens with zero attached hydrogens (tertiary/aromatic N) is 1. The van der Waals surface area contributed by atoms with Crippen molar-refractivity contribution in [2.75, 3.05) is 6.54 Å². The Morgan fingerprint density at radius 1 is 1.47 bits per heavy atom. The van der Waals surface area contributed by atoms with Gasteiger partial charge in [-0.2, -0.15) is 0 Å². The standard InChI is InChI=1S/C13H21N3O/c1-3-11(2)14-9-7-13(17)16-10-12-6-4-5-8-15-12/h4-6,8,11,14H,3,7,9-10H2,1-2H3,(H,16,17). The quantitative estimate of drug-likeness (QED) is 0.752. The maximum atomic E-state index is 11.5. The van der Waals surface area contributed by atoms with Crippen LogP contribution in [0, 0.1) is 0 Å². The number of amides is 1. The molecule has 0 saturated heterocycles. The van der Waals surface area contributed by atoms with Crippen LogP contribution in [0.25, 0.3) is 0 Å². The van der Waals surface area contributed by atoms with E-state index in [1.165, 1.54) is 0 Å². The summed E-state index contributed by atoms with van der Waals surface area (Å²) in [5.41, 5.74) is 0.885. The molecule has 1 heterocycles. The molecule has 1 amide bonds. The first-order chi connectivity index (χ1) is 8.22. The van der Waals surface area contributed by atoms with Gasteiger partial charge in [0.2, 0.25) is 5.91 Å². The van der Waals surface area contributed by atoms with Crippen LogP contribution in [-0.2, 0) is 11.3 Å². The first-order valence-electron chi connectivity index (χ1n) is 6.12. The summed E-state index contributed by atoms with van der Waals surface area (Å²) in [6, 6.07) is 6.15. The third kappa shape index (κ3) is 6.02. The van der Waals surface area contributed by atoms with Gasteiger partial charge in [-0.3, -0.25) is 9.78 Å². The van der Waals surface area contributed by atoms with Crippen LogP contribution in [0.1, 0.15) is 32.4 Å². The van der Waals surface area contributed by atoms with Crippen molar-refractivity contribution in [1.82, 2.24) is 15.6 Å². The van der Waals surface area contributed by atoms with Crippen LogP contribution in [0.4, 0.5) is 0 Å². The lowest BCUT2D eigenvalue weighted by Gasteiger charge is -2.10. The van der Waals surface area contributed by atoms with Crippen LogP contribution in [0.2, 0.25) is 0 Å². The molecule has 0 bridgehead atoms. The Labute approximate surface area is 103 Å². The highest BCUT2D eigenvalue weighted by atomic mass is 16.1. The molecule has 94 valence electrons. The normalized spacial score (nSPS) is 12.1. The number of carbonyl (C=O) groups excluding carboxylic acids is 1. The minimum atomic E-state index is 0.0615. The largest absolute Gasteiger partial charge is 0.350 e. The SMILES string of the molecule is CCC(C)NCCC(=O)NCc1ccccn1. The van der Waals surface area contributed by atoms with Crippen LogP contribution in [0.15, 0.2) is 24.4 Å². The van der Waals surface area contributed by atoms with Crippen molar-refractivity contribution in [3.63, 3.8) is 0 Å². The number of aromatic nitrogens is 1. The van der Waals surface area contributed by atoms with E-state index in [9.17, 15) is 4.79 Å². The number of hydrogen-bond acceptors (Lipinski definition) is 3. The summed E-state index contributed by atoms with van der Waals surface area (Å²) in [5.74, 6) is 0.0615. The van der Waals surface area contributed by atoms with Gasteiger partial charge < -0.3 is 10.6 Å². The zero-order chi connectivity index (χ0) is 12.5. The van der Waals surface area contributed by atoms with E-state index in [2.05, 4.69) is 29.5 Å². The topological polar surface area (TPSA) is 54.0 Å². The lowest BCUT2D eigenvalue weighted by atomic mass is 10.2. The van der Waals surface area contributed by atoms with E-state index < -0.39 is 0 Å². The van der Waals surface area contributed by atoms with Gasteiger partial charge in [0, 0.05) is 25.2 Å². The molecular weight excluding hydrogens is 214 g/mol. The van der Waals surface area contributed by atoms with Gasteiger partial charge in [-0.25, -0.2) is 0 Å². The highest BCUT2D eigenvalue weighted by Gasteiger charge is 2.02. The van der Waals surface area contributed by atoms with Gasteiger partial charge in [-0.1, -0.05) is 13.0 Å². The second-order valence-corrected chi connectivity index (χ2v) is 4.11. The number of carbonyl (C=O) groups is 1.